The third-order valence-electron chi connectivity index (χ3n) is 3.66. The molecule has 0 spiro atoms. The number of aryl methyl sites for hydroxylation is 3. The zero-order valence-electron chi connectivity index (χ0n) is 13.4. The Morgan fingerprint density at radius 3 is 2.43 bits per heavy atom. The molecule has 0 aliphatic rings. The average Bonchev–Trinajstić information content (AvgIpc) is 2.44. The molecule has 1 atom stereocenters. The SMILES string of the molecule is CCNC(COc1cccc(C)c1)c1ccc(C)cc1C. The van der Waals surface area contributed by atoms with Crippen LogP contribution in [-0.2, 0) is 0 Å². The Morgan fingerprint density at radius 1 is 1.00 bits per heavy atom. The zero-order valence-corrected chi connectivity index (χ0v) is 13.4. The van der Waals surface area contributed by atoms with Gasteiger partial charge in [-0.05, 0) is 56.1 Å². The van der Waals surface area contributed by atoms with E-state index in [0.717, 1.165) is 12.3 Å². The predicted octanol–water partition coefficient (Wildman–Crippen LogP) is 4.34. The van der Waals surface area contributed by atoms with E-state index in [-0.39, 0.29) is 6.04 Å². The normalized spacial score (nSPS) is 12.2. The van der Waals surface area contributed by atoms with Crippen molar-refractivity contribution in [2.45, 2.75) is 33.7 Å². The number of likely N-dealkylation sites (N-methyl/N-ethyl adjacent to an activating group) is 1. The summed E-state index contributed by atoms with van der Waals surface area (Å²) in [5, 5.41) is 3.52. The highest BCUT2D eigenvalue weighted by molar-refractivity contribution is 5.33. The number of benzene rings is 2. The van der Waals surface area contributed by atoms with Crippen molar-refractivity contribution in [1.29, 1.82) is 0 Å². The minimum absolute atomic E-state index is 0.219. The molecule has 0 fully saturated rings. The second-order valence-corrected chi connectivity index (χ2v) is 5.60. The van der Waals surface area contributed by atoms with E-state index in [1.807, 2.05) is 12.1 Å². The molecule has 0 heterocycles. The van der Waals surface area contributed by atoms with E-state index in [2.05, 4.69) is 63.3 Å². The lowest BCUT2D eigenvalue weighted by Crippen LogP contribution is -2.27. The van der Waals surface area contributed by atoms with Crippen LogP contribution < -0.4 is 10.1 Å². The molecule has 2 aromatic rings. The summed E-state index contributed by atoms with van der Waals surface area (Å²) in [5.41, 5.74) is 5.15. The molecule has 2 nitrogen and oxygen atoms in total. The van der Waals surface area contributed by atoms with Gasteiger partial charge in [0.25, 0.3) is 0 Å². The molecule has 0 aliphatic heterocycles. The van der Waals surface area contributed by atoms with Crippen molar-refractivity contribution in [3.8, 4) is 5.75 Å². The lowest BCUT2D eigenvalue weighted by Gasteiger charge is -2.21. The van der Waals surface area contributed by atoms with Crippen molar-refractivity contribution in [2.24, 2.45) is 0 Å². The highest BCUT2D eigenvalue weighted by Crippen LogP contribution is 2.21. The maximum Gasteiger partial charge on any atom is 0.119 e. The van der Waals surface area contributed by atoms with Gasteiger partial charge in [0.15, 0.2) is 0 Å². The number of hydrogen-bond acceptors (Lipinski definition) is 2. The Balaban J connectivity index is 2.12. The molecule has 112 valence electrons. The second kappa shape index (κ2) is 7.28. The van der Waals surface area contributed by atoms with Gasteiger partial charge in [-0.1, -0.05) is 42.8 Å². The van der Waals surface area contributed by atoms with Gasteiger partial charge >= 0.3 is 0 Å². The quantitative estimate of drug-likeness (QED) is 0.851. The molecule has 0 aliphatic carbocycles. The lowest BCUT2D eigenvalue weighted by molar-refractivity contribution is 0.267. The summed E-state index contributed by atoms with van der Waals surface area (Å²) in [7, 11) is 0. The fraction of sp³-hybridized carbons (Fsp3) is 0.368. The van der Waals surface area contributed by atoms with E-state index in [1.54, 1.807) is 0 Å². The molecule has 0 radical (unpaired) electrons. The molecule has 2 rings (SSSR count). The Bertz CT molecular complexity index is 592. The van der Waals surface area contributed by atoms with Crippen LogP contribution in [0.15, 0.2) is 42.5 Å². The maximum absolute atomic E-state index is 5.98. The van der Waals surface area contributed by atoms with E-state index in [9.17, 15) is 0 Å². The summed E-state index contributed by atoms with van der Waals surface area (Å²) in [5.74, 6) is 0.933. The monoisotopic (exact) mass is 283 g/mol. The van der Waals surface area contributed by atoms with Gasteiger partial charge in [-0.15, -0.1) is 0 Å². The summed E-state index contributed by atoms with van der Waals surface area (Å²) in [6.45, 7) is 10.1. The van der Waals surface area contributed by atoms with Gasteiger partial charge < -0.3 is 10.1 Å². The van der Waals surface area contributed by atoms with Crippen molar-refractivity contribution in [3.05, 3.63) is 64.7 Å². The van der Waals surface area contributed by atoms with Gasteiger partial charge in [-0.2, -0.15) is 0 Å². The predicted molar refractivity (Wildman–Crippen MR) is 89.0 cm³/mol. The molecule has 0 bridgehead atoms. The average molecular weight is 283 g/mol. The van der Waals surface area contributed by atoms with E-state index >= 15 is 0 Å². The first kappa shape index (κ1) is 15.6. The standard InChI is InChI=1S/C19H25NO/c1-5-20-19(18-10-9-15(3)11-16(18)4)13-21-17-8-6-7-14(2)12-17/h6-12,19-20H,5,13H2,1-4H3. The summed E-state index contributed by atoms with van der Waals surface area (Å²) in [4.78, 5) is 0. The van der Waals surface area contributed by atoms with E-state index in [4.69, 9.17) is 4.74 Å². The molecule has 0 amide bonds. The Kier molecular flexibility index (Phi) is 5.40. The lowest BCUT2D eigenvalue weighted by atomic mass is 9.99. The van der Waals surface area contributed by atoms with Crippen LogP contribution in [0.3, 0.4) is 0 Å². The van der Waals surface area contributed by atoms with Gasteiger partial charge in [0.1, 0.15) is 12.4 Å². The van der Waals surface area contributed by atoms with Crippen molar-refractivity contribution in [1.82, 2.24) is 5.32 Å². The highest BCUT2D eigenvalue weighted by atomic mass is 16.5. The Morgan fingerprint density at radius 2 is 1.76 bits per heavy atom. The molecule has 2 heteroatoms. The number of nitrogens with one attached hydrogen (secondary N) is 1. The van der Waals surface area contributed by atoms with E-state index in [1.165, 1.54) is 22.3 Å². The van der Waals surface area contributed by atoms with Crippen LogP contribution in [0.1, 0.15) is 35.2 Å². The zero-order chi connectivity index (χ0) is 15.2. The van der Waals surface area contributed by atoms with Crippen LogP contribution in [0.4, 0.5) is 0 Å². The Labute approximate surface area is 128 Å². The van der Waals surface area contributed by atoms with Crippen molar-refractivity contribution in [3.63, 3.8) is 0 Å². The van der Waals surface area contributed by atoms with Crippen LogP contribution in [0.2, 0.25) is 0 Å². The molecular formula is C19H25NO. The first-order valence-corrected chi connectivity index (χ1v) is 7.60. The van der Waals surface area contributed by atoms with Crippen LogP contribution in [-0.4, -0.2) is 13.2 Å². The molecular weight excluding hydrogens is 258 g/mol. The van der Waals surface area contributed by atoms with Gasteiger partial charge in [0, 0.05) is 0 Å². The summed E-state index contributed by atoms with van der Waals surface area (Å²) in [6.07, 6.45) is 0. The van der Waals surface area contributed by atoms with Gasteiger partial charge in [-0.3, -0.25) is 0 Å². The molecule has 1 unspecified atom stereocenters. The molecule has 0 saturated carbocycles. The molecule has 1 N–H and O–H groups in total. The molecule has 21 heavy (non-hydrogen) atoms. The maximum atomic E-state index is 5.98. The number of hydrogen-bond donors (Lipinski definition) is 1. The fourth-order valence-electron chi connectivity index (χ4n) is 2.61. The smallest absolute Gasteiger partial charge is 0.119 e. The minimum Gasteiger partial charge on any atom is -0.492 e. The fourth-order valence-corrected chi connectivity index (χ4v) is 2.61. The van der Waals surface area contributed by atoms with Crippen LogP contribution >= 0.6 is 0 Å². The first-order chi connectivity index (χ1) is 10.1. The van der Waals surface area contributed by atoms with Crippen molar-refractivity contribution < 1.29 is 4.74 Å². The highest BCUT2D eigenvalue weighted by Gasteiger charge is 2.13. The second-order valence-electron chi connectivity index (χ2n) is 5.60. The number of rotatable bonds is 6. The molecule has 0 saturated heterocycles. The van der Waals surface area contributed by atoms with Crippen molar-refractivity contribution >= 4 is 0 Å². The largest absolute Gasteiger partial charge is 0.492 e. The molecule has 0 aromatic heterocycles. The van der Waals surface area contributed by atoms with Crippen LogP contribution in [0.5, 0.6) is 5.75 Å². The van der Waals surface area contributed by atoms with E-state index < -0.39 is 0 Å². The molecule has 2 aromatic carbocycles. The Hall–Kier alpha value is -1.80. The van der Waals surface area contributed by atoms with Crippen LogP contribution in [0.25, 0.3) is 0 Å². The van der Waals surface area contributed by atoms with Gasteiger partial charge in [0.05, 0.1) is 6.04 Å². The third-order valence-corrected chi connectivity index (χ3v) is 3.66. The summed E-state index contributed by atoms with van der Waals surface area (Å²) >= 11 is 0. The van der Waals surface area contributed by atoms with Crippen molar-refractivity contribution in [2.75, 3.05) is 13.2 Å². The first-order valence-electron chi connectivity index (χ1n) is 7.60. The summed E-state index contributed by atoms with van der Waals surface area (Å²) in [6, 6.07) is 15.0. The van der Waals surface area contributed by atoms with Gasteiger partial charge in [-0.25, -0.2) is 0 Å². The number of ether oxygens (including phenoxy) is 1. The summed E-state index contributed by atoms with van der Waals surface area (Å²) < 4.78 is 5.98. The minimum atomic E-state index is 0.219. The third kappa shape index (κ3) is 4.33. The topological polar surface area (TPSA) is 21.3 Å². The van der Waals surface area contributed by atoms with Crippen LogP contribution in [0, 0.1) is 20.8 Å². The van der Waals surface area contributed by atoms with Gasteiger partial charge in [0.2, 0.25) is 0 Å². The van der Waals surface area contributed by atoms with E-state index in [0.29, 0.717) is 6.61 Å².